The van der Waals surface area contributed by atoms with Crippen molar-refractivity contribution < 1.29 is 27.5 Å². The Labute approximate surface area is 223 Å². The van der Waals surface area contributed by atoms with E-state index in [0.29, 0.717) is 30.1 Å². The molecule has 0 radical (unpaired) electrons. The van der Waals surface area contributed by atoms with Crippen molar-refractivity contribution in [1.29, 1.82) is 0 Å². The van der Waals surface area contributed by atoms with E-state index in [9.17, 15) is 22.8 Å². The van der Waals surface area contributed by atoms with Gasteiger partial charge in [0.1, 0.15) is 5.75 Å². The minimum Gasteiger partial charge on any atom is -0.406 e. The first kappa shape index (κ1) is 27.5. The van der Waals surface area contributed by atoms with Crippen molar-refractivity contribution >= 4 is 23.4 Å². The highest BCUT2D eigenvalue weighted by molar-refractivity contribution is 6.30. The Kier molecular flexibility index (Phi) is 8.28. The minimum absolute atomic E-state index is 0.102. The number of hydrogen-bond acceptors (Lipinski definition) is 4. The van der Waals surface area contributed by atoms with Crippen molar-refractivity contribution in [3.63, 3.8) is 0 Å². The molecule has 1 fully saturated rings. The van der Waals surface area contributed by atoms with E-state index in [-0.39, 0.29) is 29.2 Å². The highest BCUT2D eigenvalue weighted by atomic mass is 35.5. The highest BCUT2D eigenvalue weighted by Crippen LogP contribution is 2.31. The Morgan fingerprint density at radius 2 is 1.74 bits per heavy atom. The number of nitrogens with one attached hydrogen (secondary N) is 1. The molecule has 6 nitrogen and oxygen atoms in total. The normalized spacial score (nSPS) is 15.8. The average molecular weight is 546 g/mol. The second-order valence-electron chi connectivity index (χ2n) is 9.31. The van der Waals surface area contributed by atoms with Gasteiger partial charge in [0.2, 0.25) is 0 Å². The molecule has 1 aliphatic heterocycles. The Balaban J connectivity index is 1.46. The Hall–Kier alpha value is -3.56. The van der Waals surface area contributed by atoms with Crippen LogP contribution >= 0.6 is 11.6 Å². The predicted molar refractivity (Wildman–Crippen MR) is 139 cm³/mol. The molecule has 0 spiro atoms. The summed E-state index contributed by atoms with van der Waals surface area (Å²) in [6, 6.07) is 17.8. The summed E-state index contributed by atoms with van der Waals surface area (Å²) in [7, 11) is 3.43. The molecule has 1 aliphatic rings. The molecule has 200 valence electrons. The van der Waals surface area contributed by atoms with Gasteiger partial charge in [-0.15, -0.1) is 13.2 Å². The number of likely N-dealkylation sites (tertiary alicyclic amines) is 1. The number of nitrogens with zero attached hydrogens (tertiary/aromatic N) is 2. The lowest BCUT2D eigenvalue weighted by atomic mass is 9.93. The predicted octanol–water partition coefficient (Wildman–Crippen LogP) is 5.61. The van der Waals surface area contributed by atoms with Gasteiger partial charge >= 0.3 is 6.36 Å². The van der Waals surface area contributed by atoms with E-state index in [1.54, 1.807) is 31.1 Å². The van der Waals surface area contributed by atoms with E-state index < -0.39 is 6.36 Å². The zero-order chi connectivity index (χ0) is 27.4. The van der Waals surface area contributed by atoms with Crippen LogP contribution in [0.5, 0.6) is 5.75 Å². The van der Waals surface area contributed by atoms with Crippen LogP contribution < -0.4 is 10.1 Å². The van der Waals surface area contributed by atoms with Crippen molar-refractivity contribution in [1.82, 2.24) is 15.1 Å². The molecule has 4 rings (SSSR count). The molecule has 3 aromatic carbocycles. The largest absolute Gasteiger partial charge is 0.573 e. The van der Waals surface area contributed by atoms with Crippen molar-refractivity contribution in [3.05, 3.63) is 88.4 Å². The topological polar surface area (TPSA) is 61.9 Å². The van der Waals surface area contributed by atoms with Gasteiger partial charge in [-0.25, -0.2) is 0 Å². The van der Waals surface area contributed by atoms with Gasteiger partial charge in [-0.05, 0) is 65.6 Å². The molecule has 1 heterocycles. The fourth-order valence-corrected chi connectivity index (χ4v) is 4.65. The van der Waals surface area contributed by atoms with Crippen LogP contribution in [0.4, 0.5) is 13.2 Å². The van der Waals surface area contributed by atoms with Crippen LogP contribution in [0.25, 0.3) is 11.1 Å². The molecule has 1 atom stereocenters. The summed E-state index contributed by atoms with van der Waals surface area (Å²) in [5.41, 5.74) is 3.55. The number of halogens is 4. The third-order valence-electron chi connectivity index (χ3n) is 6.27. The molecule has 38 heavy (non-hydrogen) atoms. The summed E-state index contributed by atoms with van der Waals surface area (Å²) < 4.78 is 41.0. The van der Waals surface area contributed by atoms with Crippen LogP contribution in [-0.2, 0) is 6.54 Å². The lowest BCUT2D eigenvalue weighted by molar-refractivity contribution is -0.274. The monoisotopic (exact) mass is 545 g/mol. The van der Waals surface area contributed by atoms with Crippen LogP contribution in [0.15, 0.2) is 66.7 Å². The molecule has 0 saturated carbocycles. The highest BCUT2D eigenvalue weighted by Gasteiger charge is 2.31. The molecule has 10 heteroatoms. The van der Waals surface area contributed by atoms with Crippen LogP contribution in [0.1, 0.15) is 32.7 Å². The molecular formula is C28H27ClF3N3O3. The molecule has 1 saturated heterocycles. The van der Waals surface area contributed by atoms with Crippen LogP contribution in [0.2, 0.25) is 5.02 Å². The SMILES string of the molecule is CN(C)C(=O)c1cccc(CN2CC[C@@H](NC(=O)c3ccc(OC(F)(F)F)cc3)C2)c1-c1ccc(Cl)cc1. The zero-order valence-corrected chi connectivity index (χ0v) is 21.6. The third-order valence-corrected chi connectivity index (χ3v) is 6.52. The maximum atomic E-state index is 13.0. The van der Waals surface area contributed by atoms with Gasteiger partial charge in [0, 0.05) is 55.9 Å². The van der Waals surface area contributed by atoms with Gasteiger partial charge in [0.15, 0.2) is 0 Å². The van der Waals surface area contributed by atoms with Gasteiger partial charge in [-0.1, -0.05) is 35.9 Å². The van der Waals surface area contributed by atoms with E-state index in [1.165, 1.54) is 12.1 Å². The quantitative estimate of drug-likeness (QED) is 0.419. The van der Waals surface area contributed by atoms with Crippen molar-refractivity contribution in [2.45, 2.75) is 25.4 Å². The third kappa shape index (κ3) is 6.85. The maximum absolute atomic E-state index is 13.0. The van der Waals surface area contributed by atoms with Crippen molar-refractivity contribution in [2.24, 2.45) is 0 Å². The van der Waals surface area contributed by atoms with E-state index in [0.717, 1.165) is 35.4 Å². The molecule has 0 aliphatic carbocycles. The van der Waals surface area contributed by atoms with Gasteiger partial charge in [-0.2, -0.15) is 0 Å². The number of carbonyl (C=O) groups is 2. The van der Waals surface area contributed by atoms with E-state index in [1.807, 2.05) is 30.3 Å². The summed E-state index contributed by atoms with van der Waals surface area (Å²) in [4.78, 5) is 29.4. The second-order valence-corrected chi connectivity index (χ2v) is 9.75. The van der Waals surface area contributed by atoms with Gasteiger partial charge in [0.05, 0.1) is 0 Å². The molecular weight excluding hydrogens is 519 g/mol. The van der Waals surface area contributed by atoms with Crippen molar-refractivity contribution in [3.8, 4) is 16.9 Å². The maximum Gasteiger partial charge on any atom is 0.573 e. The van der Waals surface area contributed by atoms with E-state index >= 15 is 0 Å². The molecule has 3 aromatic rings. The summed E-state index contributed by atoms with van der Waals surface area (Å²) in [5, 5.41) is 3.56. The lowest BCUT2D eigenvalue weighted by Crippen LogP contribution is -2.37. The smallest absolute Gasteiger partial charge is 0.406 e. The first-order valence-corrected chi connectivity index (χ1v) is 12.4. The Bertz CT molecular complexity index is 1300. The number of benzene rings is 3. The molecule has 0 unspecified atom stereocenters. The number of amides is 2. The summed E-state index contributed by atoms with van der Waals surface area (Å²) >= 11 is 6.09. The fourth-order valence-electron chi connectivity index (χ4n) is 4.52. The van der Waals surface area contributed by atoms with Crippen molar-refractivity contribution in [2.75, 3.05) is 27.2 Å². The summed E-state index contributed by atoms with van der Waals surface area (Å²) in [6.07, 6.45) is -4.07. The standard InChI is InChI=1S/C28H27ClF3N3O3/c1-34(2)27(37)24-5-3-4-20(25(24)18-6-10-21(29)11-7-18)16-35-15-14-22(17-35)33-26(36)19-8-12-23(13-9-19)38-28(30,31)32/h3-13,22H,14-17H2,1-2H3,(H,33,36)/t22-/m1/s1. The first-order valence-electron chi connectivity index (χ1n) is 12.0. The summed E-state index contributed by atoms with van der Waals surface area (Å²) in [6.45, 7) is 1.89. The van der Waals surface area contributed by atoms with Crippen LogP contribution in [0.3, 0.4) is 0 Å². The fraction of sp³-hybridized carbons (Fsp3) is 0.286. The van der Waals surface area contributed by atoms with Gasteiger partial charge < -0.3 is 15.0 Å². The first-order chi connectivity index (χ1) is 18.0. The number of hydrogen-bond donors (Lipinski definition) is 1. The molecule has 1 N–H and O–H groups in total. The second kappa shape index (κ2) is 11.4. The molecule has 0 bridgehead atoms. The molecule has 2 amide bonds. The number of alkyl halides is 3. The number of carbonyl (C=O) groups excluding carboxylic acids is 2. The number of rotatable bonds is 7. The van der Waals surface area contributed by atoms with E-state index in [4.69, 9.17) is 11.6 Å². The Morgan fingerprint density at radius 1 is 1.05 bits per heavy atom. The van der Waals surface area contributed by atoms with E-state index in [2.05, 4.69) is 15.0 Å². The zero-order valence-electron chi connectivity index (χ0n) is 20.9. The van der Waals surface area contributed by atoms with Crippen LogP contribution in [-0.4, -0.2) is 61.2 Å². The van der Waals surface area contributed by atoms with Crippen LogP contribution in [0, 0.1) is 0 Å². The van der Waals surface area contributed by atoms with Gasteiger partial charge in [0.25, 0.3) is 11.8 Å². The minimum atomic E-state index is -4.79. The lowest BCUT2D eigenvalue weighted by Gasteiger charge is -2.22. The van der Waals surface area contributed by atoms with Gasteiger partial charge in [-0.3, -0.25) is 14.5 Å². The Morgan fingerprint density at radius 3 is 2.37 bits per heavy atom. The molecule has 0 aromatic heterocycles. The average Bonchev–Trinajstić information content (AvgIpc) is 3.30. The number of ether oxygens (including phenoxy) is 1. The summed E-state index contributed by atoms with van der Waals surface area (Å²) in [5.74, 6) is -0.849.